The molecule has 4 aromatic carbocycles. The Hall–Kier alpha value is -6.24. The number of carbonyl (C=O) groups excluding carboxylic acids is 2. The van der Waals surface area contributed by atoms with Gasteiger partial charge in [-0.2, -0.15) is 0 Å². The normalized spacial score (nSPS) is 14.8. The Morgan fingerprint density at radius 2 is 1.06 bits per heavy atom. The maximum Gasteiger partial charge on any atom is 0.329 e. The van der Waals surface area contributed by atoms with E-state index in [1.165, 1.54) is 54.5 Å². The van der Waals surface area contributed by atoms with E-state index in [0.29, 0.717) is 17.1 Å². The van der Waals surface area contributed by atoms with Crippen molar-refractivity contribution in [1.29, 1.82) is 0 Å². The molecule has 3 aliphatic heterocycles. The lowest BCUT2D eigenvalue weighted by atomic mass is 10.0. The molecule has 462 valence electrons. The second kappa shape index (κ2) is 35.3. The summed E-state index contributed by atoms with van der Waals surface area (Å²) in [5.74, 6) is 1.75. The van der Waals surface area contributed by atoms with Gasteiger partial charge in [-0.1, -0.05) is 69.3 Å². The molecule has 2 amide bonds. The van der Waals surface area contributed by atoms with Gasteiger partial charge in [0, 0.05) is 124 Å². The van der Waals surface area contributed by atoms with E-state index in [1.54, 1.807) is 60.6 Å². The number of methoxy groups -OCH3 is 2. The lowest BCUT2D eigenvalue weighted by Gasteiger charge is -2.36. The quantitative estimate of drug-likeness (QED) is 0.0722. The summed E-state index contributed by atoms with van der Waals surface area (Å²) in [5.41, 5.74) is 12.4. The number of hydrogen-bond acceptors (Lipinski definition) is 15. The van der Waals surface area contributed by atoms with Crippen molar-refractivity contribution in [3.8, 4) is 34.0 Å². The van der Waals surface area contributed by atoms with E-state index in [-0.39, 0.29) is 36.6 Å². The highest BCUT2D eigenvalue weighted by Gasteiger charge is 2.28. The largest absolute Gasteiger partial charge is 0.497 e. The summed E-state index contributed by atoms with van der Waals surface area (Å²) in [7, 11) is 5.01. The monoisotopic (exact) mass is 1240 g/mol. The predicted octanol–water partition coefficient (Wildman–Crippen LogP) is 9.95. The first-order chi connectivity index (χ1) is 39.6. The standard InChI is InChI=1S/C25H31N5O4S.C24H29N5O2.C6H15N.C4H8O.CH3ClO2S.ClH/c1-28(22-10-12-29(13-11-22)16-19-6-4-9-23(14-19)34-2)25(31)30-17-24(26-18-30)20-7-5-8-21(15-20)27-35(3,32)33;1-27(24(30)29-16-23(26-17-29)19-6-4-7-20(25)14-19)21-9-11-28(12-10-21)15-18-5-3-8-22(13-18)31-2;1-4-7(5-2)6-3;1-2-4-5-3-1;1-5(2,3)4;/h4-9,14-15,17-18,22,27H,10-13,16H2,1-3H3;3-8,13-14,16-17,21H,9-12,15,25H2,1-2H3;4-6H2,1-3H3;1-4H2;1H3;1H. The van der Waals surface area contributed by atoms with Gasteiger partial charge in [0.05, 0.1) is 38.1 Å². The Morgan fingerprint density at radius 3 is 1.42 bits per heavy atom. The highest BCUT2D eigenvalue weighted by atomic mass is 35.7. The topological polar surface area (TPSA) is 220 Å². The number of aromatic nitrogens is 4. The molecule has 0 atom stereocenters. The van der Waals surface area contributed by atoms with Gasteiger partial charge in [-0.3, -0.25) is 23.7 Å². The average Bonchev–Trinajstić information content (AvgIpc) is 4.26. The molecule has 6 aromatic rings. The van der Waals surface area contributed by atoms with Crippen molar-refractivity contribution < 1.29 is 40.6 Å². The van der Waals surface area contributed by atoms with Crippen LogP contribution in [0.2, 0.25) is 0 Å². The number of anilines is 2. The number of nitrogen functional groups attached to an aromatic ring is 1. The first-order valence-electron chi connectivity index (χ1n) is 28.1. The van der Waals surface area contributed by atoms with Crippen LogP contribution in [0.1, 0.15) is 70.4 Å². The number of likely N-dealkylation sites (tertiary alicyclic amines) is 2. The zero-order valence-electron chi connectivity index (χ0n) is 50.1. The summed E-state index contributed by atoms with van der Waals surface area (Å²) in [4.78, 5) is 45.7. The summed E-state index contributed by atoms with van der Waals surface area (Å²) >= 11 is 0. The number of imidazole rings is 2. The van der Waals surface area contributed by atoms with Crippen molar-refractivity contribution >= 4 is 65.6 Å². The molecule has 5 heterocycles. The van der Waals surface area contributed by atoms with E-state index in [2.05, 4.69) is 85.1 Å². The molecule has 3 N–H and O–H groups in total. The molecule has 84 heavy (non-hydrogen) atoms. The highest BCUT2D eigenvalue weighted by Crippen LogP contribution is 2.26. The van der Waals surface area contributed by atoms with Gasteiger partial charge in [0.15, 0.2) is 0 Å². The number of nitrogens with one attached hydrogen (secondary N) is 1. The molecule has 0 saturated carbocycles. The fraction of sp³-hybridized carbons (Fsp3) is 0.467. The van der Waals surface area contributed by atoms with Crippen LogP contribution in [0.15, 0.2) is 122 Å². The molecule has 0 radical (unpaired) electrons. The Balaban J connectivity index is 0.000000280. The number of amides is 2. The Morgan fingerprint density at radius 1 is 0.655 bits per heavy atom. The van der Waals surface area contributed by atoms with Crippen LogP contribution in [-0.4, -0.2) is 184 Å². The van der Waals surface area contributed by atoms with Crippen molar-refractivity contribution in [2.45, 2.75) is 84.5 Å². The maximum atomic E-state index is 13.1. The Kier molecular flexibility index (Phi) is 29.5. The van der Waals surface area contributed by atoms with E-state index in [1.807, 2.05) is 73.6 Å². The van der Waals surface area contributed by atoms with Gasteiger partial charge in [0.1, 0.15) is 24.2 Å². The van der Waals surface area contributed by atoms with Crippen LogP contribution in [0.4, 0.5) is 21.0 Å². The third-order valence-corrected chi connectivity index (χ3v) is 14.9. The van der Waals surface area contributed by atoms with Gasteiger partial charge >= 0.3 is 12.1 Å². The smallest absolute Gasteiger partial charge is 0.329 e. The molecule has 24 heteroatoms. The number of ether oxygens (including phenoxy) is 3. The Bertz CT molecular complexity index is 3140. The summed E-state index contributed by atoms with van der Waals surface area (Å²) in [5, 5.41) is 0. The molecule has 3 fully saturated rings. The van der Waals surface area contributed by atoms with Crippen LogP contribution in [0.5, 0.6) is 11.5 Å². The number of rotatable bonds is 15. The predicted molar refractivity (Wildman–Crippen MR) is 339 cm³/mol. The van der Waals surface area contributed by atoms with Gasteiger partial charge in [-0.05, 0) is 118 Å². The number of carbonyl (C=O) groups is 2. The van der Waals surface area contributed by atoms with Gasteiger partial charge in [-0.15, -0.1) is 12.4 Å². The van der Waals surface area contributed by atoms with Crippen molar-refractivity contribution in [1.82, 2.24) is 43.6 Å². The molecule has 0 unspecified atom stereocenters. The summed E-state index contributed by atoms with van der Waals surface area (Å²) in [6.45, 7) is 17.6. The molecule has 20 nitrogen and oxygen atoms in total. The Labute approximate surface area is 509 Å². The van der Waals surface area contributed by atoms with E-state index in [0.717, 1.165) is 119 Å². The summed E-state index contributed by atoms with van der Waals surface area (Å²) < 4.78 is 62.9. The lowest BCUT2D eigenvalue weighted by molar-refractivity contribution is 0.131. The summed E-state index contributed by atoms with van der Waals surface area (Å²) in [6, 6.07) is 30.9. The number of piperidine rings is 2. The van der Waals surface area contributed by atoms with Crippen LogP contribution in [0, 0.1) is 0 Å². The van der Waals surface area contributed by atoms with Crippen LogP contribution < -0.4 is 19.9 Å². The fourth-order valence-corrected chi connectivity index (χ4v) is 10.2. The van der Waals surface area contributed by atoms with E-state index >= 15 is 0 Å². The molecule has 9 rings (SSSR count). The minimum Gasteiger partial charge on any atom is -0.497 e. The number of hydrogen-bond donors (Lipinski definition) is 2. The molecule has 3 aliphatic rings. The van der Waals surface area contributed by atoms with Crippen LogP contribution in [-0.2, 0) is 36.9 Å². The van der Waals surface area contributed by atoms with Crippen LogP contribution in [0.25, 0.3) is 22.5 Å². The second-order valence-corrected chi connectivity index (χ2v) is 25.3. The van der Waals surface area contributed by atoms with Crippen molar-refractivity contribution in [3.05, 3.63) is 133 Å². The van der Waals surface area contributed by atoms with Gasteiger partial charge < -0.3 is 34.6 Å². The molecule has 0 aliphatic carbocycles. The number of benzene rings is 4. The third-order valence-electron chi connectivity index (χ3n) is 14.3. The summed E-state index contributed by atoms with van der Waals surface area (Å²) in [6.07, 6.45) is 14.8. The minimum absolute atomic E-state index is 0. The van der Waals surface area contributed by atoms with Crippen molar-refractivity contribution in [2.75, 3.05) is 110 Å². The highest BCUT2D eigenvalue weighted by molar-refractivity contribution is 8.13. The van der Waals surface area contributed by atoms with Gasteiger partial charge in [-0.25, -0.2) is 36.4 Å². The maximum absolute atomic E-state index is 13.1. The SMILES string of the molecule is C1CCOC1.CCN(CC)CC.COc1cccc(CN2CCC(N(C)C(=O)n3cnc(-c4cccc(N)c4)c3)CC2)c1.COc1cccc(CN2CCC(N(C)C(=O)n3cnc(-c4cccc(NS(C)(=O)=O)c4)c3)CC2)c1.CS(=O)(=O)Cl.Cl. The second-order valence-electron chi connectivity index (χ2n) is 20.5. The van der Waals surface area contributed by atoms with Gasteiger partial charge in [0.2, 0.25) is 19.1 Å². The molecular weight excluding hydrogens is 1150 g/mol. The number of nitrogens with zero attached hydrogens (tertiary/aromatic N) is 9. The lowest BCUT2D eigenvalue weighted by Crippen LogP contribution is -2.46. The molecule has 0 bridgehead atoms. The number of halogens is 2. The van der Waals surface area contributed by atoms with E-state index in [4.69, 9.17) is 19.9 Å². The van der Waals surface area contributed by atoms with Crippen LogP contribution >= 0.6 is 23.1 Å². The minimum atomic E-state index is -3.38. The van der Waals surface area contributed by atoms with E-state index in [9.17, 15) is 26.4 Å². The zero-order valence-corrected chi connectivity index (χ0v) is 53.3. The first kappa shape index (κ1) is 70.2. The molecule has 3 saturated heterocycles. The number of nitrogens with two attached hydrogens (primary N) is 1. The van der Waals surface area contributed by atoms with Crippen LogP contribution in [0.3, 0.4) is 0 Å². The third kappa shape index (κ3) is 24.4. The van der Waals surface area contributed by atoms with Gasteiger partial charge in [0.25, 0.3) is 0 Å². The van der Waals surface area contributed by atoms with Crippen molar-refractivity contribution in [3.63, 3.8) is 0 Å². The fourth-order valence-electron chi connectivity index (χ4n) is 9.65. The molecule has 0 spiro atoms. The van der Waals surface area contributed by atoms with E-state index < -0.39 is 19.1 Å². The number of sulfonamides is 1. The molecule has 2 aromatic heterocycles. The molecular formula is C60H87Cl2N11O9S2. The van der Waals surface area contributed by atoms with Crippen molar-refractivity contribution in [2.24, 2.45) is 0 Å². The first-order valence-corrected chi connectivity index (χ1v) is 32.7. The zero-order chi connectivity index (χ0) is 60.5. The average molecular weight is 1240 g/mol.